The van der Waals surface area contributed by atoms with Crippen LogP contribution in [-0.2, 0) is 14.8 Å². The van der Waals surface area contributed by atoms with Crippen molar-refractivity contribution in [3.05, 3.63) is 36.1 Å². The number of carbonyl (C=O) groups is 2. The number of methoxy groups -OCH3 is 1. The molecule has 180 valence electrons. The molecule has 11 heteroatoms. The first kappa shape index (κ1) is 24.6. The Morgan fingerprint density at radius 3 is 2.36 bits per heavy atom. The highest BCUT2D eigenvalue weighted by molar-refractivity contribution is 7.89. The molecule has 2 amide bonds. The molecule has 1 fully saturated rings. The van der Waals surface area contributed by atoms with E-state index in [0.717, 1.165) is 19.3 Å². The van der Waals surface area contributed by atoms with E-state index < -0.39 is 27.6 Å². The molecule has 2 N–H and O–H groups in total. The monoisotopic (exact) mass is 479 g/mol. The van der Waals surface area contributed by atoms with Gasteiger partial charge in [0.25, 0.3) is 15.9 Å². The van der Waals surface area contributed by atoms with Gasteiger partial charge >= 0.3 is 6.09 Å². The molecule has 0 aliphatic carbocycles. The van der Waals surface area contributed by atoms with Crippen LogP contribution < -0.4 is 15.4 Å². The lowest BCUT2D eigenvalue weighted by Crippen LogP contribution is -2.35. The summed E-state index contributed by atoms with van der Waals surface area (Å²) in [5.74, 6) is -0.418. The van der Waals surface area contributed by atoms with E-state index in [1.54, 1.807) is 32.9 Å². The first-order chi connectivity index (χ1) is 15.5. The molecule has 1 saturated heterocycles. The van der Waals surface area contributed by atoms with Crippen molar-refractivity contribution in [1.29, 1.82) is 0 Å². The van der Waals surface area contributed by atoms with Gasteiger partial charge in [-0.2, -0.15) is 4.31 Å². The normalized spacial score (nSPS) is 15.0. The van der Waals surface area contributed by atoms with Gasteiger partial charge in [0.2, 0.25) is 5.09 Å². The molecule has 0 unspecified atom stereocenters. The number of sulfonamides is 1. The Kier molecular flexibility index (Phi) is 7.33. The number of anilines is 2. The predicted molar refractivity (Wildman–Crippen MR) is 122 cm³/mol. The van der Waals surface area contributed by atoms with Crippen LogP contribution in [0.5, 0.6) is 5.75 Å². The minimum atomic E-state index is -3.78. The van der Waals surface area contributed by atoms with Crippen LogP contribution in [0.3, 0.4) is 0 Å². The van der Waals surface area contributed by atoms with Crippen molar-refractivity contribution >= 4 is 33.4 Å². The van der Waals surface area contributed by atoms with E-state index in [-0.39, 0.29) is 16.5 Å². The highest BCUT2D eigenvalue weighted by atomic mass is 32.2. The lowest BCUT2D eigenvalue weighted by molar-refractivity contribution is 0.0635. The Hall–Kier alpha value is -3.05. The van der Waals surface area contributed by atoms with Gasteiger partial charge in [-0.25, -0.2) is 13.2 Å². The van der Waals surface area contributed by atoms with E-state index in [9.17, 15) is 18.0 Å². The minimum absolute atomic E-state index is 0.150. The van der Waals surface area contributed by atoms with Gasteiger partial charge in [-0.3, -0.25) is 10.1 Å². The second kappa shape index (κ2) is 9.84. The maximum absolute atomic E-state index is 12.7. The van der Waals surface area contributed by atoms with Gasteiger partial charge in [0.15, 0.2) is 5.76 Å². The number of hydrogen-bond acceptors (Lipinski definition) is 7. The summed E-state index contributed by atoms with van der Waals surface area (Å²) in [7, 11) is -2.34. The van der Waals surface area contributed by atoms with Gasteiger partial charge < -0.3 is 19.2 Å². The van der Waals surface area contributed by atoms with E-state index in [2.05, 4.69) is 10.6 Å². The van der Waals surface area contributed by atoms with Gasteiger partial charge in [-0.1, -0.05) is 6.42 Å². The number of carbonyl (C=O) groups excluding carboxylic acids is 2. The molecule has 0 atom stereocenters. The molecule has 0 saturated carbocycles. The van der Waals surface area contributed by atoms with Crippen molar-refractivity contribution in [3.63, 3.8) is 0 Å². The quantitative estimate of drug-likeness (QED) is 0.639. The van der Waals surface area contributed by atoms with Crippen molar-refractivity contribution in [1.82, 2.24) is 4.31 Å². The molecule has 2 heterocycles. The number of benzene rings is 1. The molecule has 1 aromatic heterocycles. The topological polar surface area (TPSA) is 127 Å². The molecule has 3 rings (SSSR count). The number of nitrogens with one attached hydrogen (secondary N) is 2. The Morgan fingerprint density at radius 1 is 1.03 bits per heavy atom. The molecular weight excluding hydrogens is 450 g/mol. The van der Waals surface area contributed by atoms with Crippen LogP contribution in [0.15, 0.2) is 39.8 Å². The van der Waals surface area contributed by atoms with Crippen molar-refractivity contribution in [2.45, 2.75) is 50.7 Å². The zero-order valence-corrected chi connectivity index (χ0v) is 20.0. The number of rotatable bonds is 6. The van der Waals surface area contributed by atoms with Crippen LogP contribution in [0.25, 0.3) is 0 Å². The van der Waals surface area contributed by atoms with E-state index in [4.69, 9.17) is 13.9 Å². The lowest BCUT2D eigenvalue weighted by atomic mass is 10.2. The number of piperidine rings is 1. The molecule has 1 aliphatic rings. The van der Waals surface area contributed by atoms with Crippen molar-refractivity contribution < 1.29 is 31.9 Å². The van der Waals surface area contributed by atoms with Crippen molar-refractivity contribution in [2.24, 2.45) is 0 Å². The summed E-state index contributed by atoms with van der Waals surface area (Å²) in [6.07, 6.45) is 1.90. The Morgan fingerprint density at radius 2 is 1.73 bits per heavy atom. The molecule has 0 spiro atoms. The fraction of sp³-hybridized carbons (Fsp3) is 0.455. The Labute approximate surface area is 193 Å². The van der Waals surface area contributed by atoms with Crippen LogP contribution in [0, 0.1) is 0 Å². The summed E-state index contributed by atoms with van der Waals surface area (Å²) in [5.41, 5.74) is -0.0599. The first-order valence-electron chi connectivity index (χ1n) is 10.6. The van der Waals surface area contributed by atoms with Crippen LogP contribution in [-0.4, -0.2) is 50.5 Å². The first-order valence-corrected chi connectivity index (χ1v) is 12.0. The highest BCUT2D eigenvalue weighted by Gasteiger charge is 2.29. The largest absolute Gasteiger partial charge is 0.495 e. The molecule has 2 aromatic rings. The third-order valence-electron chi connectivity index (χ3n) is 4.81. The van der Waals surface area contributed by atoms with E-state index >= 15 is 0 Å². The second-order valence-corrected chi connectivity index (χ2v) is 10.4. The Bertz CT molecular complexity index is 1110. The molecule has 10 nitrogen and oxygen atoms in total. The van der Waals surface area contributed by atoms with Gasteiger partial charge in [-0.05, 0) is 63.9 Å². The molecule has 0 radical (unpaired) electrons. The van der Waals surface area contributed by atoms with Gasteiger partial charge in [0.05, 0.1) is 12.8 Å². The van der Waals surface area contributed by atoms with Crippen LogP contribution in [0.4, 0.5) is 16.2 Å². The lowest BCUT2D eigenvalue weighted by Gasteiger charge is -2.24. The van der Waals surface area contributed by atoms with E-state index in [1.807, 2.05) is 0 Å². The molecular formula is C22H29N3O7S. The van der Waals surface area contributed by atoms with Crippen LogP contribution in [0.2, 0.25) is 0 Å². The number of amides is 2. The fourth-order valence-corrected chi connectivity index (χ4v) is 4.73. The Balaban J connectivity index is 1.73. The summed E-state index contributed by atoms with van der Waals surface area (Å²) >= 11 is 0. The summed E-state index contributed by atoms with van der Waals surface area (Å²) < 4.78 is 42.7. The standard InChI is InChI=1S/C22H29N3O7S/c1-22(2,3)32-21(27)24-16-14-15(8-9-17(16)30-4)23-20(26)18-10-11-19(31-18)33(28,29)25-12-6-5-7-13-25/h8-11,14H,5-7,12-13H2,1-4H3,(H,23,26)(H,24,27). The van der Waals surface area contributed by atoms with Crippen molar-refractivity contribution in [2.75, 3.05) is 30.8 Å². The molecule has 33 heavy (non-hydrogen) atoms. The second-order valence-electron chi connectivity index (χ2n) is 8.58. The summed E-state index contributed by atoms with van der Waals surface area (Å²) in [4.78, 5) is 24.8. The van der Waals surface area contributed by atoms with Gasteiger partial charge in [0.1, 0.15) is 11.4 Å². The smallest absolute Gasteiger partial charge is 0.412 e. The summed E-state index contributed by atoms with van der Waals surface area (Å²) in [5, 5.41) is 4.95. The van der Waals surface area contributed by atoms with Crippen LogP contribution in [0.1, 0.15) is 50.6 Å². The third-order valence-corrected chi connectivity index (χ3v) is 6.58. The van der Waals surface area contributed by atoms with Crippen molar-refractivity contribution in [3.8, 4) is 5.75 Å². The minimum Gasteiger partial charge on any atom is -0.495 e. The number of furan rings is 1. The van der Waals surface area contributed by atoms with E-state index in [1.165, 1.54) is 29.6 Å². The number of nitrogens with zero attached hydrogens (tertiary/aromatic N) is 1. The third kappa shape index (κ3) is 6.26. The van der Waals surface area contributed by atoms with Gasteiger partial charge in [-0.15, -0.1) is 0 Å². The number of ether oxygens (including phenoxy) is 2. The van der Waals surface area contributed by atoms with Crippen LogP contribution >= 0.6 is 0 Å². The zero-order chi connectivity index (χ0) is 24.2. The SMILES string of the molecule is COc1ccc(NC(=O)c2ccc(S(=O)(=O)N3CCCCC3)o2)cc1NC(=O)OC(C)(C)C. The molecule has 1 aliphatic heterocycles. The summed E-state index contributed by atoms with van der Waals surface area (Å²) in [6, 6.07) is 7.23. The molecule has 0 bridgehead atoms. The van der Waals surface area contributed by atoms with Gasteiger partial charge in [0, 0.05) is 18.8 Å². The average molecular weight is 480 g/mol. The highest BCUT2D eigenvalue weighted by Crippen LogP contribution is 2.29. The molecule has 1 aromatic carbocycles. The fourth-order valence-electron chi connectivity index (χ4n) is 3.30. The van der Waals surface area contributed by atoms with E-state index in [0.29, 0.717) is 24.5 Å². The maximum Gasteiger partial charge on any atom is 0.412 e. The number of hydrogen-bond donors (Lipinski definition) is 2. The average Bonchev–Trinajstić information content (AvgIpc) is 3.25. The summed E-state index contributed by atoms with van der Waals surface area (Å²) in [6.45, 7) is 6.09. The maximum atomic E-state index is 12.7. The zero-order valence-electron chi connectivity index (χ0n) is 19.1. The predicted octanol–water partition coefficient (Wildman–Crippen LogP) is 4.06.